The quantitative estimate of drug-likeness (QED) is 0.848. The third-order valence-corrected chi connectivity index (χ3v) is 3.72. The first-order valence-electron chi connectivity index (χ1n) is 6.49. The molecule has 0 atom stereocenters. The van der Waals surface area contributed by atoms with Gasteiger partial charge in [0.2, 0.25) is 0 Å². The Bertz CT molecular complexity index is 686. The van der Waals surface area contributed by atoms with Crippen LogP contribution in [0.3, 0.4) is 0 Å². The molecule has 8 heteroatoms. The van der Waals surface area contributed by atoms with Crippen molar-refractivity contribution in [1.82, 2.24) is 14.9 Å². The van der Waals surface area contributed by atoms with Gasteiger partial charge in [0, 0.05) is 6.04 Å². The lowest BCUT2D eigenvalue weighted by atomic mass is 10.1. The van der Waals surface area contributed by atoms with E-state index in [4.69, 9.17) is 0 Å². The number of rotatable bonds is 1. The minimum Gasteiger partial charge on any atom is -0.317 e. The van der Waals surface area contributed by atoms with Crippen molar-refractivity contribution in [2.75, 3.05) is 13.1 Å². The molecule has 0 spiro atoms. The summed E-state index contributed by atoms with van der Waals surface area (Å²) in [6, 6.07) is 3.42. The molecule has 116 valence electrons. The van der Waals surface area contributed by atoms with E-state index in [1.165, 1.54) is 6.07 Å². The van der Waals surface area contributed by atoms with E-state index in [0.29, 0.717) is 5.52 Å². The van der Waals surface area contributed by atoms with E-state index < -0.39 is 11.7 Å². The second kappa shape index (κ2) is 5.73. The van der Waals surface area contributed by atoms with Crippen molar-refractivity contribution in [2.24, 2.45) is 0 Å². The number of imidazole rings is 1. The highest BCUT2D eigenvalue weighted by molar-refractivity contribution is 5.85. The fraction of sp³-hybridized carbons (Fsp3) is 0.462. The van der Waals surface area contributed by atoms with Crippen LogP contribution in [-0.4, -0.2) is 22.6 Å². The molecule has 1 aromatic carbocycles. The number of aromatic amines is 1. The number of hydrogen-bond donors (Lipinski definition) is 2. The number of H-pyrrole nitrogens is 1. The summed E-state index contributed by atoms with van der Waals surface area (Å²) in [5.74, 6) is 0. The molecule has 3 rings (SSSR count). The van der Waals surface area contributed by atoms with Crippen LogP contribution in [-0.2, 0) is 6.18 Å². The van der Waals surface area contributed by atoms with Crippen LogP contribution in [0.2, 0.25) is 0 Å². The molecule has 0 radical (unpaired) electrons. The van der Waals surface area contributed by atoms with Crippen molar-refractivity contribution in [1.29, 1.82) is 0 Å². The lowest BCUT2D eigenvalue weighted by Gasteiger charge is -2.23. The van der Waals surface area contributed by atoms with Gasteiger partial charge in [0.15, 0.2) is 0 Å². The molecule has 21 heavy (non-hydrogen) atoms. The van der Waals surface area contributed by atoms with Crippen molar-refractivity contribution in [3.05, 3.63) is 34.2 Å². The van der Waals surface area contributed by atoms with Crippen LogP contribution in [0.4, 0.5) is 13.2 Å². The van der Waals surface area contributed by atoms with E-state index in [-0.39, 0.29) is 29.7 Å². The molecule has 0 aliphatic carbocycles. The smallest absolute Gasteiger partial charge is 0.317 e. The molecule has 0 saturated carbocycles. The van der Waals surface area contributed by atoms with E-state index in [9.17, 15) is 18.0 Å². The van der Waals surface area contributed by atoms with Gasteiger partial charge in [0.25, 0.3) is 0 Å². The van der Waals surface area contributed by atoms with E-state index in [1.54, 1.807) is 4.57 Å². The summed E-state index contributed by atoms with van der Waals surface area (Å²) in [4.78, 5) is 14.5. The number of nitrogens with zero attached hydrogens (tertiary/aromatic N) is 1. The number of benzene rings is 1. The van der Waals surface area contributed by atoms with E-state index in [0.717, 1.165) is 38.1 Å². The summed E-state index contributed by atoms with van der Waals surface area (Å²) in [6.07, 6.45) is -2.80. The third kappa shape index (κ3) is 2.94. The molecular weight excluding hydrogens is 307 g/mol. The lowest BCUT2D eigenvalue weighted by molar-refractivity contribution is -0.137. The molecular formula is C13H15ClF3N3O. The Morgan fingerprint density at radius 2 is 1.86 bits per heavy atom. The van der Waals surface area contributed by atoms with Gasteiger partial charge >= 0.3 is 11.9 Å². The van der Waals surface area contributed by atoms with E-state index >= 15 is 0 Å². The monoisotopic (exact) mass is 321 g/mol. The number of piperidine rings is 1. The molecule has 2 N–H and O–H groups in total. The van der Waals surface area contributed by atoms with Gasteiger partial charge < -0.3 is 10.3 Å². The maximum absolute atomic E-state index is 12.7. The Morgan fingerprint density at radius 3 is 2.48 bits per heavy atom. The summed E-state index contributed by atoms with van der Waals surface area (Å²) in [7, 11) is 0. The standard InChI is InChI=1S/C13H14F3N3O.ClH/c14-13(15,16)8-1-2-11-10(7-8)18-12(20)19(11)9-3-5-17-6-4-9;/h1-2,7,9,17H,3-6H2,(H,18,20);1H. The summed E-state index contributed by atoms with van der Waals surface area (Å²) in [5.41, 5.74) is -0.312. The SMILES string of the molecule is Cl.O=c1[nH]c2cc(C(F)(F)F)ccc2n1C1CCNCC1. The second-order valence-corrected chi connectivity index (χ2v) is 5.01. The van der Waals surface area contributed by atoms with Crippen molar-refractivity contribution >= 4 is 23.4 Å². The number of aromatic nitrogens is 2. The van der Waals surface area contributed by atoms with Gasteiger partial charge in [0.05, 0.1) is 16.6 Å². The van der Waals surface area contributed by atoms with Gasteiger partial charge in [-0.2, -0.15) is 13.2 Å². The Balaban J connectivity index is 0.00000161. The van der Waals surface area contributed by atoms with E-state index in [1.807, 2.05) is 0 Å². The van der Waals surface area contributed by atoms with Gasteiger partial charge in [-0.1, -0.05) is 0 Å². The largest absolute Gasteiger partial charge is 0.416 e. The summed E-state index contributed by atoms with van der Waals surface area (Å²) < 4.78 is 39.6. The van der Waals surface area contributed by atoms with Crippen LogP contribution >= 0.6 is 12.4 Å². The van der Waals surface area contributed by atoms with Crippen LogP contribution < -0.4 is 11.0 Å². The zero-order valence-electron chi connectivity index (χ0n) is 11.0. The normalized spacial score (nSPS) is 16.9. The lowest BCUT2D eigenvalue weighted by Crippen LogP contribution is -2.33. The highest BCUT2D eigenvalue weighted by Crippen LogP contribution is 2.31. The molecule has 0 bridgehead atoms. The maximum Gasteiger partial charge on any atom is 0.416 e. The first-order chi connectivity index (χ1) is 9.47. The number of halogens is 4. The van der Waals surface area contributed by atoms with Crippen LogP contribution in [0.5, 0.6) is 0 Å². The van der Waals surface area contributed by atoms with Crippen molar-refractivity contribution in [3.63, 3.8) is 0 Å². The fourth-order valence-corrected chi connectivity index (χ4v) is 2.73. The fourth-order valence-electron chi connectivity index (χ4n) is 2.73. The minimum atomic E-state index is -4.40. The van der Waals surface area contributed by atoms with Gasteiger partial charge in [-0.3, -0.25) is 4.57 Å². The zero-order valence-corrected chi connectivity index (χ0v) is 11.9. The summed E-state index contributed by atoms with van der Waals surface area (Å²) in [5, 5.41) is 3.20. The Hall–Kier alpha value is -1.47. The Kier molecular flexibility index (Phi) is 4.34. The molecule has 0 amide bonds. The topological polar surface area (TPSA) is 49.8 Å². The third-order valence-electron chi connectivity index (χ3n) is 3.72. The van der Waals surface area contributed by atoms with Crippen LogP contribution in [0, 0.1) is 0 Å². The Labute approximate surface area is 124 Å². The minimum absolute atomic E-state index is 0. The molecule has 1 saturated heterocycles. The van der Waals surface area contributed by atoms with Gasteiger partial charge in [-0.15, -0.1) is 12.4 Å². The molecule has 0 unspecified atom stereocenters. The predicted octanol–water partition coefficient (Wildman–Crippen LogP) is 2.69. The molecule has 4 nitrogen and oxygen atoms in total. The van der Waals surface area contributed by atoms with Crippen LogP contribution in [0.15, 0.2) is 23.0 Å². The maximum atomic E-state index is 12.7. The average molecular weight is 322 g/mol. The van der Waals surface area contributed by atoms with Gasteiger partial charge in [0.1, 0.15) is 0 Å². The van der Waals surface area contributed by atoms with Crippen molar-refractivity contribution in [2.45, 2.75) is 25.1 Å². The second-order valence-electron chi connectivity index (χ2n) is 5.01. The first kappa shape index (κ1) is 15.9. The average Bonchev–Trinajstić information content (AvgIpc) is 2.73. The van der Waals surface area contributed by atoms with Crippen LogP contribution in [0.25, 0.3) is 11.0 Å². The van der Waals surface area contributed by atoms with Gasteiger partial charge in [-0.25, -0.2) is 4.79 Å². The summed E-state index contributed by atoms with van der Waals surface area (Å²) in [6.45, 7) is 1.62. The number of nitrogens with one attached hydrogen (secondary N) is 2. The molecule has 1 aromatic heterocycles. The molecule has 2 heterocycles. The molecule has 1 fully saturated rings. The molecule has 1 aliphatic heterocycles. The Morgan fingerprint density at radius 1 is 1.19 bits per heavy atom. The molecule has 1 aliphatic rings. The van der Waals surface area contributed by atoms with Crippen molar-refractivity contribution < 1.29 is 13.2 Å². The molecule has 2 aromatic rings. The predicted molar refractivity (Wildman–Crippen MR) is 75.9 cm³/mol. The highest BCUT2D eigenvalue weighted by atomic mass is 35.5. The number of hydrogen-bond acceptors (Lipinski definition) is 2. The van der Waals surface area contributed by atoms with Gasteiger partial charge in [-0.05, 0) is 44.1 Å². The van der Waals surface area contributed by atoms with Crippen LogP contribution in [0.1, 0.15) is 24.4 Å². The number of alkyl halides is 3. The summed E-state index contributed by atoms with van der Waals surface area (Å²) >= 11 is 0. The van der Waals surface area contributed by atoms with Crippen molar-refractivity contribution in [3.8, 4) is 0 Å². The van der Waals surface area contributed by atoms with E-state index in [2.05, 4.69) is 10.3 Å². The number of fused-ring (bicyclic) bond motifs is 1. The highest BCUT2D eigenvalue weighted by Gasteiger charge is 2.31. The first-order valence-corrected chi connectivity index (χ1v) is 6.49. The zero-order chi connectivity index (χ0) is 14.3.